The maximum atomic E-state index is 3.52. The van der Waals surface area contributed by atoms with Gasteiger partial charge in [-0.1, -0.05) is 42.8 Å². The molecule has 0 amide bonds. The first-order valence-electron chi connectivity index (χ1n) is 4.75. The minimum absolute atomic E-state index is 1.19. The Balaban J connectivity index is 0.000000791. The van der Waals surface area contributed by atoms with Crippen molar-refractivity contribution < 1.29 is 16.3 Å². The molecule has 0 aliphatic carbocycles. The van der Waals surface area contributed by atoms with Gasteiger partial charge in [0.1, 0.15) is 0 Å². The first kappa shape index (κ1) is 15.3. The molecule has 0 spiro atoms. The second-order valence-electron chi connectivity index (χ2n) is 2.97. The Bertz CT molecular complexity index is 226. The Morgan fingerprint density at radius 1 is 1.36 bits per heavy atom. The number of halogens is 2. The number of unbranched alkanes of at least 4 members (excludes halogenated alkanes) is 3. The van der Waals surface area contributed by atoms with Gasteiger partial charge >= 0.3 is 30.0 Å². The molecular formula is C10H14Br2SZn. The van der Waals surface area contributed by atoms with Crippen molar-refractivity contribution in [1.29, 1.82) is 0 Å². The Labute approximate surface area is 116 Å². The van der Waals surface area contributed by atoms with Gasteiger partial charge in [-0.15, -0.1) is 21.3 Å². The first-order chi connectivity index (χ1) is 6.84. The molecule has 4 heteroatoms. The van der Waals surface area contributed by atoms with E-state index in [0.29, 0.717) is 0 Å². The van der Waals surface area contributed by atoms with Crippen molar-refractivity contribution >= 4 is 40.9 Å². The molecule has 0 aliphatic heterocycles. The molecule has 76 valence electrons. The second kappa shape index (κ2) is 10.8. The molecule has 0 atom stereocenters. The summed E-state index contributed by atoms with van der Waals surface area (Å²) in [5.74, 6) is 0. The third kappa shape index (κ3) is 6.71. The molecule has 1 aromatic heterocycles. The molecule has 0 saturated heterocycles. The topological polar surface area (TPSA) is 0 Å². The van der Waals surface area contributed by atoms with Crippen molar-refractivity contribution in [2.75, 3.05) is 0 Å². The Hall–Kier alpha value is 1.28. The summed E-state index contributed by atoms with van der Waals surface area (Å²) in [6.45, 7) is 2.24. The van der Waals surface area contributed by atoms with Crippen LogP contribution in [0.15, 0.2) is 9.85 Å². The maximum absolute atomic E-state index is 3.52. The standard InChI is InChI=1S/C10H14BrS.BrH.Zn/c1-2-3-4-5-6-9-7-8-12-10(9)11;;/h7H,2-6H2,1H3;1H;/q-1;;+2/p-1. The van der Waals surface area contributed by atoms with Crippen LogP contribution in [0.1, 0.15) is 38.2 Å². The molecule has 0 radical (unpaired) electrons. The van der Waals surface area contributed by atoms with Crippen LogP contribution in [0, 0.1) is 5.38 Å². The van der Waals surface area contributed by atoms with Gasteiger partial charge in [-0.25, -0.2) is 0 Å². The molecular weight excluding hydrogens is 377 g/mol. The molecule has 0 saturated carbocycles. The van der Waals surface area contributed by atoms with Crippen LogP contribution in [0.2, 0.25) is 0 Å². The van der Waals surface area contributed by atoms with E-state index >= 15 is 0 Å². The fourth-order valence-electron chi connectivity index (χ4n) is 1.19. The SMILES string of the molecule is CCCCCCc1c[c-]sc1Br.[Zn+][Br]. The summed E-state index contributed by atoms with van der Waals surface area (Å²) in [5.41, 5.74) is 1.43. The normalized spacial score (nSPS) is 9.50. The van der Waals surface area contributed by atoms with Gasteiger partial charge < -0.3 is 0 Å². The Kier molecular flexibility index (Phi) is 11.8. The van der Waals surface area contributed by atoms with Gasteiger partial charge in [-0.05, 0) is 0 Å². The number of hydrogen-bond acceptors (Lipinski definition) is 1. The zero-order valence-electron chi connectivity index (χ0n) is 8.48. The fraction of sp³-hybridized carbons (Fsp3) is 0.600. The molecule has 1 aromatic rings. The number of thiophene rings is 1. The van der Waals surface area contributed by atoms with E-state index in [-0.39, 0.29) is 0 Å². The van der Waals surface area contributed by atoms with Gasteiger partial charge in [0.15, 0.2) is 0 Å². The van der Waals surface area contributed by atoms with Crippen LogP contribution in [0.4, 0.5) is 0 Å². The van der Waals surface area contributed by atoms with Crippen LogP contribution in [0.25, 0.3) is 0 Å². The van der Waals surface area contributed by atoms with E-state index in [4.69, 9.17) is 0 Å². The van der Waals surface area contributed by atoms with Gasteiger partial charge in [0.05, 0.1) is 0 Å². The Morgan fingerprint density at radius 2 is 2.07 bits per heavy atom. The molecule has 1 heterocycles. The van der Waals surface area contributed by atoms with Crippen molar-refractivity contribution in [3.8, 4) is 0 Å². The summed E-state index contributed by atoms with van der Waals surface area (Å²) in [7, 11) is 0. The molecule has 0 aliphatic rings. The third-order valence-electron chi connectivity index (χ3n) is 1.93. The summed E-state index contributed by atoms with van der Waals surface area (Å²) < 4.78 is 1.26. The van der Waals surface area contributed by atoms with Crippen molar-refractivity contribution in [3.05, 3.63) is 20.8 Å². The van der Waals surface area contributed by atoms with Gasteiger partial charge in [0, 0.05) is 0 Å². The van der Waals surface area contributed by atoms with E-state index in [1.165, 1.54) is 57.8 Å². The van der Waals surface area contributed by atoms with Crippen molar-refractivity contribution in [2.24, 2.45) is 0 Å². The van der Waals surface area contributed by atoms with Gasteiger partial charge in [0.2, 0.25) is 0 Å². The molecule has 0 unspecified atom stereocenters. The average Bonchev–Trinajstić information content (AvgIpc) is 2.62. The van der Waals surface area contributed by atoms with Gasteiger partial charge in [0.25, 0.3) is 0 Å². The molecule has 0 aromatic carbocycles. The van der Waals surface area contributed by atoms with Crippen LogP contribution in [-0.2, 0) is 22.8 Å². The number of hydrogen-bond donors (Lipinski definition) is 0. The zero-order chi connectivity index (χ0) is 10.8. The van der Waals surface area contributed by atoms with Gasteiger partial charge in [-0.3, -0.25) is 11.3 Å². The molecule has 0 bridgehead atoms. The van der Waals surface area contributed by atoms with Crippen molar-refractivity contribution in [2.45, 2.75) is 39.0 Å². The molecule has 1 rings (SSSR count). The monoisotopic (exact) mass is 388 g/mol. The Morgan fingerprint density at radius 3 is 2.57 bits per heavy atom. The van der Waals surface area contributed by atoms with Crippen LogP contribution in [0.3, 0.4) is 0 Å². The van der Waals surface area contributed by atoms with Crippen LogP contribution < -0.4 is 0 Å². The van der Waals surface area contributed by atoms with E-state index in [1.54, 1.807) is 11.3 Å². The summed E-state index contributed by atoms with van der Waals surface area (Å²) in [6.07, 6.45) is 6.57. The number of rotatable bonds is 5. The van der Waals surface area contributed by atoms with E-state index < -0.39 is 0 Å². The predicted octanol–water partition coefficient (Wildman–Crippen LogP) is 5.28. The van der Waals surface area contributed by atoms with Crippen LogP contribution in [-0.4, -0.2) is 0 Å². The predicted molar refractivity (Wildman–Crippen MR) is 67.6 cm³/mol. The average molecular weight is 391 g/mol. The summed E-state index contributed by atoms with van der Waals surface area (Å²) in [4.78, 5) is 0. The van der Waals surface area contributed by atoms with Crippen LogP contribution in [0.5, 0.6) is 0 Å². The number of aryl methyl sites for hydroxylation is 1. The molecule has 0 N–H and O–H groups in total. The molecule has 14 heavy (non-hydrogen) atoms. The fourth-order valence-corrected chi connectivity index (χ4v) is 2.38. The quantitative estimate of drug-likeness (QED) is 0.364. The van der Waals surface area contributed by atoms with E-state index in [1.807, 2.05) is 0 Å². The molecule has 0 fully saturated rings. The van der Waals surface area contributed by atoms with Gasteiger partial charge in [-0.2, -0.15) is 11.6 Å². The first-order valence-corrected chi connectivity index (χ1v) is 13.3. The van der Waals surface area contributed by atoms with Crippen LogP contribution >= 0.6 is 40.9 Å². The van der Waals surface area contributed by atoms with Crippen molar-refractivity contribution in [3.63, 3.8) is 0 Å². The van der Waals surface area contributed by atoms with E-state index in [0.717, 1.165) is 0 Å². The minimum atomic E-state index is 1.19. The second-order valence-corrected chi connectivity index (χ2v) is 5.14. The summed E-state index contributed by atoms with van der Waals surface area (Å²) in [6, 6.07) is 2.10. The zero-order valence-corrected chi connectivity index (χ0v) is 15.4. The van der Waals surface area contributed by atoms with E-state index in [9.17, 15) is 0 Å². The van der Waals surface area contributed by atoms with Crippen molar-refractivity contribution in [1.82, 2.24) is 0 Å². The molecule has 0 nitrogen and oxygen atoms in total. The van der Waals surface area contributed by atoms with E-state index in [2.05, 4.69) is 47.9 Å². The summed E-state index contributed by atoms with van der Waals surface area (Å²) in [5, 5.41) is 3.13. The summed E-state index contributed by atoms with van der Waals surface area (Å²) >= 11 is 9.43. The third-order valence-corrected chi connectivity index (χ3v) is 3.61.